The lowest BCUT2D eigenvalue weighted by Crippen LogP contribution is -2.21. The molecule has 0 aromatic carbocycles. The summed E-state index contributed by atoms with van der Waals surface area (Å²) in [5.41, 5.74) is -0.544. The summed E-state index contributed by atoms with van der Waals surface area (Å²) in [4.78, 5) is 11.0. The first-order valence-corrected chi connectivity index (χ1v) is 4.51. The van der Waals surface area contributed by atoms with Crippen molar-refractivity contribution in [2.75, 3.05) is 0 Å². The molecule has 0 unspecified atom stereocenters. The molecule has 0 aromatic heterocycles. The van der Waals surface area contributed by atoms with E-state index in [4.69, 9.17) is 16.3 Å². The van der Waals surface area contributed by atoms with Crippen molar-refractivity contribution >= 4 is 16.8 Å². The number of carbonyl (C=O) groups is 1. The molecule has 62 valence electrons. The van der Waals surface area contributed by atoms with Gasteiger partial charge in [0.15, 0.2) is 5.60 Å². The van der Waals surface area contributed by atoms with Gasteiger partial charge in [-0.15, -0.1) is 0 Å². The van der Waals surface area contributed by atoms with Crippen LogP contribution in [0.25, 0.3) is 0 Å². The largest absolute Gasteiger partial charge is 0.356 e. The second-order valence-electron chi connectivity index (χ2n) is 3.37. The van der Waals surface area contributed by atoms with Gasteiger partial charge in [0.25, 0.3) is 5.24 Å². The van der Waals surface area contributed by atoms with E-state index in [2.05, 4.69) is 0 Å². The molecular weight excluding hydrogens is 164 g/mol. The standard InChI is InChI=1S/C8H11ClO2/c9-7(10)8-5-3-1-2-4-6(8)11-8/h6H,1-5H2/t6-,8+/m0/s1. The van der Waals surface area contributed by atoms with E-state index in [1.807, 2.05) is 0 Å². The number of hydrogen-bond acceptors (Lipinski definition) is 2. The lowest BCUT2D eigenvalue weighted by molar-refractivity contribution is -0.116. The molecule has 0 amide bonds. The molecule has 0 N–H and O–H groups in total. The minimum absolute atomic E-state index is 0.148. The van der Waals surface area contributed by atoms with Gasteiger partial charge in [0.2, 0.25) is 0 Å². The van der Waals surface area contributed by atoms with Gasteiger partial charge in [0.05, 0.1) is 6.10 Å². The third-order valence-electron chi connectivity index (χ3n) is 2.66. The maximum Gasteiger partial charge on any atom is 0.256 e. The van der Waals surface area contributed by atoms with Gasteiger partial charge in [-0.3, -0.25) is 4.79 Å². The molecule has 0 radical (unpaired) electrons. The van der Waals surface area contributed by atoms with Crippen molar-refractivity contribution in [3.63, 3.8) is 0 Å². The molecule has 2 fully saturated rings. The van der Waals surface area contributed by atoms with Crippen molar-refractivity contribution in [1.82, 2.24) is 0 Å². The van der Waals surface area contributed by atoms with Crippen molar-refractivity contribution in [3.05, 3.63) is 0 Å². The van der Waals surface area contributed by atoms with E-state index in [0.717, 1.165) is 19.3 Å². The van der Waals surface area contributed by atoms with Crippen LogP contribution in [0, 0.1) is 0 Å². The Kier molecular flexibility index (Phi) is 1.69. The Bertz CT molecular complexity index is 193. The monoisotopic (exact) mass is 174 g/mol. The third kappa shape index (κ3) is 1.09. The van der Waals surface area contributed by atoms with Gasteiger partial charge in [0.1, 0.15) is 0 Å². The van der Waals surface area contributed by atoms with Crippen molar-refractivity contribution < 1.29 is 9.53 Å². The lowest BCUT2D eigenvalue weighted by atomic mass is 10.0. The second kappa shape index (κ2) is 2.46. The zero-order valence-corrected chi connectivity index (χ0v) is 7.06. The highest BCUT2D eigenvalue weighted by Crippen LogP contribution is 2.47. The van der Waals surface area contributed by atoms with Crippen LogP contribution < -0.4 is 0 Å². The first-order valence-electron chi connectivity index (χ1n) is 4.13. The normalized spacial score (nSPS) is 42.5. The summed E-state index contributed by atoms with van der Waals surface area (Å²) >= 11 is 5.45. The highest BCUT2D eigenvalue weighted by atomic mass is 35.5. The smallest absolute Gasteiger partial charge is 0.256 e. The summed E-state index contributed by atoms with van der Waals surface area (Å²) in [6.07, 6.45) is 5.46. The number of carbonyl (C=O) groups excluding carboxylic acids is 1. The fraction of sp³-hybridized carbons (Fsp3) is 0.875. The van der Waals surface area contributed by atoms with E-state index in [1.54, 1.807) is 0 Å². The third-order valence-corrected chi connectivity index (χ3v) is 2.98. The van der Waals surface area contributed by atoms with Crippen LogP contribution >= 0.6 is 11.6 Å². The summed E-state index contributed by atoms with van der Waals surface area (Å²) in [5, 5.41) is -0.288. The van der Waals surface area contributed by atoms with Gasteiger partial charge in [-0.1, -0.05) is 12.8 Å². The summed E-state index contributed by atoms with van der Waals surface area (Å²) in [5.74, 6) is 0. The Balaban J connectivity index is 2.10. The van der Waals surface area contributed by atoms with Crippen LogP contribution in [0.3, 0.4) is 0 Å². The van der Waals surface area contributed by atoms with Gasteiger partial charge < -0.3 is 4.74 Å². The SMILES string of the molecule is O=C(Cl)[C@@]12CCCCC[C@@H]1O2. The summed E-state index contributed by atoms with van der Waals surface area (Å²) < 4.78 is 5.33. The Hall–Kier alpha value is -0.0800. The average molecular weight is 175 g/mol. The molecular formula is C8H11ClO2. The predicted octanol–water partition coefficient (Wildman–Crippen LogP) is 1.85. The maximum atomic E-state index is 11.0. The van der Waals surface area contributed by atoms with Gasteiger partial charge >= 0.3 is 0 Å². The highest BCUT2D eigenvalue weighted by molar-refractivity contribution is 6.66. The van der Waals surface area contributed by atoms with E-state index in [9.17, 15) is 4.79 Å². The first-order chi connectivity index (χ1) is 5.26. The number of fused-ring (bicyclic) bond motifs is 1. The van der Waals surface area contributed by atoms with Gasteiger partial charge in [-0.05, 0) is 30.9 Å². The summed E-state index contributed by atoms with van der Waals surface area (Å²) in [6, 6.07) is 0. The molecule has 1 aliphatic heterocycles. The Morgan fingerprint density at radius 2 is 2.27 bits per heavy atom. The van der Waals surface area contributed by atoms with E-state index in [0.29, 0.717) is 0 Å². The molecule has 1 saturated carbocycles. The molecule has 2 nitrogen and oxygen atoms in total. The highest BCUT2D eigenvalue weighted by Gasteiger charge is 2.61. The Morgan fingerprint density at radius 3 is 3.00 bits per heavy atom. The molecule has 0 spiro atoms. The Morgan fingerprint density at radius 1 is 1.45 bits per heavy atom. The number of hydrogen-bond donors (Lipinski definition) is 0. The van der Waals surface area contributed by atoms with E-state index >= 15 is 0 Å². The fourth-order valence-corrected chi connectivity index (χ4v) is 2.16. The van der Waals surface area contributed by atoms with Crippen molar-refractivity contribution in [2.24, 2.45) is 0 Å². The average Bonchev–Trinajstić information content (AvgIpc) is 2.57. The molecule has 1 saturated heterocycles. The number of ether oxygens (including phenoxy) is 1. The van der Waals surface area contributed by atoms with Crippen LogP contribution in [-0.2, 0) is 9.53 Å². The van der Waals surface area contributed by atoms with Crippen LogP contribution in [0.2, 0.25) is 0 Å². The van der Waals surface area contributed by atoms with Crippen LogP contribution in [0.1, 0.15) is 32.1 Å². The van der Waals surface area contributed by atoms with E-state index < -0.39 is 5.60 Å². The zero-order valence-electron chi connectivity index (χ0n) is 6.31. The molecule has 11 heavy (non-hydrogen) atoms. The van der Waals surface area contributed by atoms with Crippen molar-refractivity contribution in [1.29, 1.82) is 0 Å². The molecule has 0 aromatic rings. The quantitative estimate of drug-likeness (QED) is 0.449. The van der Waals surface area contributed by atoms with Crippen molar-refractivity contribution in [3.8, 4) is 0 Å². The molecule has 0 bridgehead atoms. The minimum Gasteiger partial charge on any atom is -0.356 e. The number of epoxide rings is 1. The lowest BCUT2D eigenvalue weighted by Gasteiger charge is -2.02. The second-order valence-corrected chi connectivity index (χ2v) is 3.71. The number of rotatable bonds is 1. The fourth-order valence-electron chi connectivity index (χ4n) is 1.90. The van der Waals surface area contributed by atoms with Crippen LogP contribution in [0.15, 0.2) is 0 Å². The van der Waals surface area contributed by atoms with Gasteiger partial charge in [-0.25, -0.2) is 0 Å². The molecule has 2 aliphatic rings. The van der Waals surface area contributed by atoms with Crippen molar-refractivity contribution in [2.45, 2.75) is 43.8 Å². The van der Waals surface area contributed by atoms with Crippen LogP contribution in [0.4, 0.5) is 0 Å². The van der Waals surface area contributed by atoms with Crippen LogP contribution in [0.5, 0.6) is 0 Å². The maximum absolute atomic E-state index is 11.0. The zero-order chi connectivity index (χ0) is 7.90. The van der Waals surface area contributed by atoms with Crippen LogP contribution in [-0.4, -0.2) is 16.9 Å². The van der Waals surface area contributed by atoms with E-state index in [-0.39, 0.29) is 11.3 Å². The van der Waals surface area contributed by atoms with Gasteiger partial charge in [-0.2, -0.15) is 0 Å². The minimum atomic E-state index is -0.544. The molecule has 3 heteroatoms. The Labute approximate surface area is 70.9 Å². The molecule has 2 atom stereocenters. The van der Waals surface area contributed by atoms with E-state index in [1.165, 1.54) is 12.8 Å². The summed E-state index contributed by atoms with van der Waals surface area (Å²) in [6.45, 7) is 0. The number of halogens is 1. The molecule has 1 heterocycles. The topological polar surface area (TPSA) is 29.6 Å². The van der Waals surface area contributed by atoms with Gasteiger partial charge in [0, 0.05) is 0 Å². The molecule has 2 rings (SSSR count). The first kappa shape index (κ1) is 7.56. The molecule has 1 aliphatic carbocycles. The summed E-state index contributed by atoms with van der Waals surface area (Å²) in [7, 11) is 0. The predicted molar refractivity (Wildman–Crippen MR) is 41.5 cm³/mol.